The van der Waals surface area contributed by atoms with Crippen molar-refractivity contribution in [3.05, 3.63) is 187 Å². The van der Waals surface area contributed by atoms with Crippen molar-refractivity contribution in [3.8, 4) is 67.5 Å². The van der Waals surface area contributed by atoms with Crippen LogP contribution in [-0.4, -0.2) is 15.0 Å². The van der Waals surface area contributed by atoms with Crippen LogP contribution < -0.4 is 0 Å². The van der Waals surface area contributed by atoms with Crippen molar-refractivity contribution in [2.24, 2.45) is 0 Å². The quantitative estimate of drug-likeness (QED) is 0.180. The zero-order chi connectivity index (χ0) is 39.9. The van der Waals surface area contributed by atoms with Gasteiger partial charge in [-0.2, -0.15) is 0 Å². The molecule has 1 aliphatic carbocycles. The normalized spacial score (nSPS) is 13.3. The number of hydrogen-bond acceptors (Lipinski definition) is 4. The lowest BCUT2D eigenvalue weighted by Gasteiger charge is -2.12. The van der Waals surface area contributed by atoms with Gasteiger partial charge in [0.1, 0.15) is 11.2 Å². The molecule has 0 aliphatic heterocycles. The molecule has 0 unspecified atom stereocenters. The zero-order valence-corrected chi connectivity index (χ0v) is 28.8. The van der Waals surface area contributed by atoms with Crippen molar-refractivity contribution in [2.45, 2.75) is 6.42 Å². The van der Waals surface area contributed by atoms with Crippen LogP contribution >= 0.6 is 0 Å². The third-order valence-corrected chi connectivity index (χ3v) is 10.5. The number of fused-ring (bicyclic) bond motifs is 7. The highest BCUT2D eigenvalue weighted by Crippen LogP contribution is 2.45. The molecule has 0 saturated carbocycles. The predicted octanol–water partition coefficient (Wildman–Crippen LogP) is 12.8. The molecule has 4 nitrogen and oxygen atoms in total. The molecule has 0 N–H and O–H groups in total. The van der Waals surface area contributed by atoms with E-state index in [4.69, 9.17) is 26.2 Å². The predicted molar refractivity (Wildman–Crippen MR) is 220 cm³/mol. The molecule has 4 heteroatoms. The summed E-state index contributed by atoms with van der Waals surface area (Å²) in [7, 11) is 0. The van der Waals surface area contributed by atoms with Gasteiger partial charge in [-0.15, -0.1) is 0 Å². The summed E-state index contributed by atoms with van der Waals surface area (Å²) >= 11 is 0. The molecule has 0 fully saturated rings. The van der Waals surface area contributed by atoms with Crippen LogP contribution in [0.2, 0.25) is 0 Å². The highest BCUT2D eigenvalue weighted by Gasteiger charge is 2.24. The van der Waals surface area contributed by atoms with E-state index in [0.29, 0.717) is 29.5 Å². The van der Waals surface area contributed by atoms with Crippen LogP contribution in [0.3, 0.4) is 0 Å². The molecule has 0 amide bonds. The Morgan fingerprint density at radius 1 is 0.407 bits per heavy atom. The fourth-order valence-electron chi connectivity index (χ4n) is 7.96. The lowest BCUT2D eigenvalue weighted by atomic mass is 9.95. The Balaban J connectivity index is 1.00. The summed E-state index contributed by atoms with van der Waals surface area (Å²) in [6.07, 6.45) is 0.557. The summed E-state index contributed by atoms with van der Waals surface area (Å²) in [5, 5.41) is 4.24. The molecular formula is C50H31N3O. The van der Waals surface area contributed by atoms with Crippen molar-refractivity contribution < 1.29 is 11.3 Å². The van der Waals surface area contributed by atoms with E-state index < -0.39 is 6.04 Å². The zero-order valence-electron chi connectivity index (χ0n) is 33.8. The molecule has 54 heavy (non-hydrogen) atoms. The van der Waals surface area contributed by atoms with Crippen LogP contribution in [0.1, 0.15) is 18.0 Å². The monoisotopic (exact) mass is 694 g/mol. The number of furan rings is 1. The average molecular weight is 695 g/mol. The second kappa shape index (κ2) is 12.2. The fourth-order valence-corrected chi connectivity index (χ4v) is 7.96. The van der Waals surface area contributed by atoms with Gasteiger partial charge in [-0.1, -0.05) is 158 Å². The Bertz CT molecular complexity index is 3340. The van der Waals surface area contributed by atoms with E-state index >= 15 is 0 Å². The molecule has 0 bridgehead atoms. The maximum absolute atomic E-state index is 8.69. The van der Waals surface area contributed by atoms with Gasteiger partial charge in [-0.3, -0.25) is 0 Å². The molecule has 0 radical (unpaired) electrons. The first-order valence-electron chi connectivity index (χ1n) is 20.4. The first kappa shape index (κ1) is 25.7. The van der Waals surface area contributed by atoms with E-state index in [9.17, 15) is 0 Å². The molecule has 11 rings (SSSR count). The summed E-state index contributed by atoms with van der Waals surface area (Å²) in [5.41, 5.74) is 11.3. The SMILES string of the molecule is [2H]c1c([2H])c([2H])c(-c2cccc3c2Cc2c(-c4ccc(-c5nc(-c6ccc7c(c6)oc6ccccc67)nc(-c6cccc7ccccc67)n5)cc4)cccc2-3)c([2H])c1[2H]. The standard InChI is InChI=1S/C50H31N3O/c1-2-11-31(12-3-1)37-17-9-19-39-40-20-10-18-38(45(40)30-44(37)39)33-23-25-34(26-24-33)48-51-49(35-27-28-42-41-16-6-7-22-46(41)54-47(42)29-35)53-50(52-48)43-21-8-14-32-13-4-5-15-36(32)43/h1-29H,30H2/i1D,2D,3D,11D,12D. The largest absolute Gasteiger partial charge is 0.456 e. The number of aromatic nitrogens is 3. The first-order valence-corrected chi connectivity index (χ1v) is 17.9. The Hall–Kier alpha value is -7.17. The van der Waals surface area contributed by atoms with Crippen molar-refractivity contribution in [2.75, 3.05) is 0 Å². The lowest BCUT2D eigenvalue weighted by molar-refractivity contribution is 0.669. The summed E-state index contributed by atoms with van der Waals surface area (Å²) in [4.78, 5) is 15.2. The second-order valence-corrected chi connectivity index (χ2v) is 13.6. The van der Waals surface area contributed by atoms with Crippen LogP contribution in [0, 0.1) is 0 Å². The summed E-state index contributed by atoms with van der Waals surface area (Å²) in [6.45, 7) is 0. The van der Waals surface area contributed by atoms with E-state index in [1.165, 1.54) is 0 Å². The lowest BCUT2D eigenvalue weighted by Crippen LogP contribution is -2.00. The molecule has 2 heterocycles. The molecular weight excluding hydrogens is 659 g/mol. The van der Waals surface area contributed by atoms with Crippen molar-refractivity contribution in [1.82, 2.24) is 15.0 Å². The summed E-state index contributed by atoms with van der Waals surface area (Å²) in [5.74, 6) is 1.66. The molecule has 2 aromatic heterocycles. The number of hydrogen-bond donors (Lipinski definition) is 0. The maximum Gasteiger partial charge on any atom is 0.164 e. The van der Waals surface area contributed by atoms with E-state index in [-0.39, 0.29) is 29.7 Å². The Labute approximate surface area is 319 Å². The minimum Gasteiger partial charge on any atom is -0.456 e. The van der Waals surface area contributed by atoms with E-state index in [0.717, 1.165) is 82.8 Å². The summed E-state index contributed by atoms with van der Waals surface area (Å²) in [6, 6.07) is 47.4. The van der Waals surface area contributed by atoms with E-state index in [1.807, 2.05) is 91.0 Å². The van der Waals surface area contributed by atoms with E-state index in [2.05, 4.69) is 54.6 Å². The molecule has 0 saturated heterocycles. The van der Waals surface area contributed by atoms with E-state index in [1.54, 1.807) is 0 Å². The van der Waals surface area contributed by atoms with Gasteiger partial charge in [-0.25, -0.2) is 15.0 Å². The molecule has 0 atom stereocenters. The van der Waals surface area contributed by atoms with Crippen LogP contribution in [0.5, 0.6) is 0 Å². The topological polar surface area (TPSA) is 51.8 Å². The molecule has 1 aliphatic rings. The van der Waals surface area contributed by atoms with Gasteiger partial charge in [0.2, 0.25) is 0 Å². The van der Waals surface area contributed by atoms with Gasteiger partial charge in [0.15, 0.2) is 17.5 Å². The second-order valence-electron chi connectivity index (χ2n) is 13.6. The molecule has 252 valence electrons. The Morgan fingerprint density at radius 3 is 1.76 bits per heavy atom. The first-order chi connectivity index (χ1) is 28.8. The van der Waals surface area contributed by atoms with Gasteiger partial charge in [0.05, 0.1) is 6.85 Å². The highest BCUT2D eigenvalue weighted by molar-refractivity contribution is 6.06. The van der Waals surface area contributed by atoms with Crippen LogP contribution in [0.4, 0.5) is 0 Å². The molecule has 0 spiro atoms. The number of nitrogens with zero attached hydrogens (tertiary/aromatic N) is 3. The van der Waals surface area contributed by atoms with Crippen LogP contribution in [0.25, 0.3) is 100 Å². The average Bonchev–Trinajstić information content (AvgIpc) is 3.86. The molecule has 10 aromatic rings. The van der Waals surface area contributed by atoms with Crippen molar-refractivity contribution >= 4 is 32.7 Å². The van der Waals surface area contributed by atoms with Crippen molar-refractivity contribution in [3.63, 3.8) is 0 Å². The smallest absolute Gasteiger partial charge is 0.164 e. The third-order valence-electron chi connectivity index (χ3n) is 10.5. The number of benzene rings is 8. The fraction of sp³-hybridized carbons (Fsp3) is 0.0200. The van der Waals surface area contributed by atoms with Gasteiger partial charge in [0.25, 0.3) is 0 Å². The summed E-state index contributed by atoms with van der Waals surface area (Å²) < 4.78 is 48.3. The number of para-hydroxylation sites is 1. The van der Waals surface area contributed by atoms with Crippen LogP contribution in [0.15, 0.2) is 180 Å². The third kappa shape index (κ3) is 4.96. The minimum absolute atomic E-state index is 0.198. The van der Waals surface area contributed by atoms with Gasteiger partial charge in [0, 0.05) is 27.5 Å². The van der Waals surface area contributed by atoms with Gasteiger partial charge < -0.3 is 4.42 Å². The maximum atomic E-state index is 8.69. The Kier molecular flexibility index (Phi) is 5.82. The number of rotatable bonds is 5. The van der Waals surface area contributed by atoms with Gasteiger partial charge >= 0.3 is 0 Å². The van der Waals surface area contributed by atoms with Crippen LogP contribution in [-0.2, 0) is 6.42 Å². The minimum atomic E-state index is -0.396. The molecule has 8 aromatic carbocycles. The van der Waals surface area contributed by atoms with Gasteiger partial charge in [-0.05, 0) is 79.9 Å². The van der Waals surface area contributed by atoms with Crippen molar-refractivity contribution in [1.29, 1.82) is 0 Å². The Morgan fingerprint density at radius 2 is 0.963 bits per heavy atom. The highest BCUT2D eigenvalue weighted by atomic mass is 16.3.